The zero-order valence-electron chi connectivity index (χ0n) is 11.8. The lowest BCUT2D eigenvalue weighted by molar-refractivity contribution is 0.262. The summed E-state index contributed by atoms with van der Waals surface area (Å²) in [6.45, 7) is 1.89. The highest BCUT2D eigenvalue weighted by atomic mass is 35.5. The lowest BCUT2D eigenvalue weighted by Crippen LogP contribution is -2.20. The van der Waals surface area contributed by atoms with Gasteiger partial charge in [-0.2, -0.15) is 0 Å². The van der Waals surface area contributed by atoms with E-state index >= 15 is 0 Å². The number of rotatable bonds is 2. The highest BCUT2D eigenvalue weighted by molar-refractivity contribution is 7.10. The van der Waals surface area contributed by atoms with E-state index in [9.17, 15) is 4.79 Å². The number of thiophene rings is 1. The van der Waals surface area contributed by atoms with Crippen LogP contribution in [0.2, 0.25) is 5.02 Å². The number of hydrogen-bond donors (Lipinski definition) is 2. The molecule has 1 aliphatic rings. The predicted octanol–water partition coefficient (Wildman–Crippen LogP) is 5.23. The van der Waals surface area contributed by atoms with Gasteiger partial charge in [0.05, 0.1) is 5.69 Å². The highest BCUT2D eigenvalue weighted by Crippen LogP contribution is 2.33. The van der Waals surface area contributed by atoms with Crippen LogP contribution >= 0.6 is 22.9 Å². The first kappa shape index (κ1) is 14.4. The molecule has 0 radical (unpaired) electrons. The van der Waals surface area contributed by atoms with Gasteiger partial charge in [-0.25, -0.2) is 4.79 Å². The van der Waals surface area contributed by atoms with E-state index < -0.39 is 0 Å². The molecule has 0 spiro atoms. The van der Waals surface area contributed by atoms with Crippen LogP contribution in [0.25, 0.3) is 0 Å². The Hall–Kier alpha value is -1.52. The Morgan fingerprint density at radius 1 is 1.19 bits per heavy atom. The Labute approximate surface area is 133 Å². The summed E-state index contributed by atoms with van der Waals surface area (Å²) >= 11 is 7.81. The van der Waals surface area contributed by atoms with Crippen LogP contribution < -0.4 is 10.6 Å². The van der Waals surface area contributed by atoms with Crippen LogP contribution in [0.5, 0.6) is 0 Å². The normalized spacial score (nSPS) is 13.6. The molecule has 1 aliphatic carbocycles. The molecule has 5 heteroatoms. The lowest BCUT2D eigenvalue weighted by Gasteiger charge is -2.14. The number of carbonyl (C=O) groups is 1. The lowest BCUT2D eigenvalue weighted by atomic mass is 9.98. The van der Waals surface area contributed by atoms with E-state index in [1.807, 2.05) is 30.5 Å². The zero-order chi connectivity index (χ0) is 14.8. The van der Waals surface area contributed by atoms with Gasteiger partial charge in [0.2, 0.25) is 0 Å². The fourth-order valence-corrected chi connectivity index (χ4v) is 3.87. The third-order valence-corrected chi connectivity index (χ3v) is 5.32. The zero-order valence-corrected chi connectivity index (χ0v) is 13.4. The fraction of sp³-hybridized carbons (Fsp3) is 0.312. The molecular weight excluding hydrogens is 304 g/mol. The number of nitrogens with one attached hydrogen (secondary N) is 2. The maximum atomic E-state index is 12.2. The van der Waals surface area contributed by atoms with Crippen molar-refractivity contribution in [2.45, 2.75) is 32.6 Å². The minimum Gasteiger partial charge on any atom is -0.307 e. The topological polar surface area (TPSA) is 41.1 Å². The molecule has 0 atom stereocenters. The van der Waals surface area contributed by atoms with Crippen molar-refractivity contribution in [3.8, 4) is 0 Å². The number of carbonyl (C=O) groups excluding carboxylic acids is 1. The summed E-state index contributed by atoms with van der Waals surface area (Å²) in [4.78, 5) is 13.6. The molecule has 3 rings (SSSR count). The summed E-state index contributed by atoms with van der Waals surface area (Å²) in [6, 6.07) is 5.28. The SMILES string of the molecule is Cc1c(Cl)cccc1NC(=O)Nc1csc2c1CCCC2. The van der Waals surface area contributed by atoms with Crippen LogP contribution in [0, 0.1) is 6.92 Å². The van der Waals surface area contributed by atoms with Crippen molar-refractivity contribution < 1.29 is 4.79 Å². The van der Waals surface area contributed by atoms with Gasteiger partial charge < -0.3 is 10.6 Å². The van der Waals surface area contributed by atoms with Gasteiger partial charge in [0.15, 0.2) is 0 Å². The van der Waals surface area contributed by atoms with Gasteiger partial charge in [0, 0.05) is 21.0 Å². The molecular formula is C16H17ClN2OS. The van der Waals surface area contributed by atoms with Gasteiger partial charge in [-0.15, -0.1) is 11.3 Å². The van der Waals surface area contributed by atoms with Gasteiger partial charge in [0.25, 0.3) is 0 Å². The summed E-state index contributed by atoms with van der Waals surface area (Å²) in [5.74, 6) is 0. The highest BCUT2D eigenvalue weighted by Gasteiger charge is 2.17. The average molecular weight is 321 g/mol. The molecule has 21 heavy (non-hydrogen) atoms. The fourth-order valence-electron chi connectivity index (χ4n) is 2.62. The molecule has 1 aromatic heterocycles. The van der Waals surface area contributed by atoms with Crippen LogP contribution in [0.1, 0.15) is 28.8 Å². The van der Waals surface area contributed by atoms with Crippen LogP contribution in [0.3, 0.4) is 0 Å². The Bertz CT molecular complexity index is 681. The summed E-state index contributed by atoms with van der Waals surface area (Å²) in [6.07, 6.45) is 4.65. The molecule has 2 amide bonds. The van der Waals surface area contributed by atoms with Crippen LogP contribution in [-0.2, 0) is 12.8 Å². The van der Waals surface area contributed by atoms with Crippen molar-refractivity contribution >= 4 is 40.3 Å². The molecule has 0 bridgehead atoms. The molecule has 3 nitrogen and oxygen atoms in total. The van der Waals surface area contributed by atoms with E-state index in [4.69, 9.17) is 11.6 Å². The molecule has 1 aromatic carbocycles. The van der Waals surface area contributed by atoms with Gasteiger partial charge >= 0.3 is 6.03 Å². The molecule has 2 aromatic rings. The van der Waals surface area contributed by atoms with Crippen LogP contribution in [0.4, 0.5) is 16.2 Å². The second-order valence-corrected chi connectivity index (χ2v) is 6.62. The van der Waals surface area contributed by atoms with Crippen molar-refractivity contribution in [2.24, 2.45) is 0 Å². The van der Waals surface area contributed by atoms with E-state index in [1.54, 1.807) is 11.3 Å². The maximum Gasteiger partial charge on any atom is 0.323 e. The van der Waals surface area contributed by atoms with Gasteiger partial charge in [-0.3, -0.25) is 0 Å². The van der Waals surface area contributed by atoms with E-state index in [0.717, 1.165) is 29.8 Å². The largest absolute Gasteiger partial charge is 0.323 e. The maximum absolute atomic E-state index is 12.2. The monoisotopic (exact) mass is 320 g/mol. The Morgan fingerprint density at radius 2 is 1.95 bits per heavy atom. The quantitative estimate of drug-likeness (QED) is 0.781. The number of urea groups is 1. The third-order valence-electron chi connectivity index (χ3n) is 3.83. The number of halogens is 1. The molecule has 0 saturated heterocycles. The minimum absolute atomic E-state index is 0.216. The van der Waals surface area contributed by atoms with Crippen LogP contribution in [-0.4, -0.2) is 6.03 Å². The first-order valence-electron chi connectivity index (χ1n) is 7.07. The number of hydrogen-bond acceptors (Lipinski definition) is 2. The number of aryl methyl sites for hydroxylation is 1. The molecule has 0 fully saturated rings. The molecule has 2 N–H and O–H groups in total. The van der Waals surface area contributed by atoms with Gasteiger partial charge in [-0.05, 0) is 55.9 Å². The van der Waals surface area contributed by atoms with E-state index in [1.165, 1.54) is 23.3 Å². The predicted molar refractivity (Wildman–Crippen MR) is 89.8 cm³/mol. The third kappa shape index (κ3) is 3.06. The molecule has 110 valence electrons. The summed E-state index contributed by atoms with van der Waals surface area (Å²) in [7, 11) is 0. The number of fused-ring (bicyclic) bond motifs is 1. The van der Waals surface area contributed by atoms with Crippen molar-refractivity contribution in [3.63, 3.8) is 0 Å². The smallest absolute Gasteiger partial charge is 0.307 e. The summed E-state index contributed by atoms with van der Waals surface area (Å²) < 4.78 is 0. The number of amides is 2. The Morgan fingerprint density at radius 3 is 2.81 bits per heavy atom. The van der Waals surface area contributed by atoms with Crippen molar-refractivity contribution in [1.82, 2.24) is 0 Å². The van der Waals surface area contributed by atoms with Gasteiger partial charge in [-0.1, -0.05) is 17.7 Å². The average Bonchev–Trinajstić information content (AvgIpc) is 2.87. The van der Waals surface area contributed by atoms with Crippen molar-refractivity contribution in [3.05, 3.63) is 44.6 Å². The molecule has 0 saturated carbocycles. The van der Waals surface area contributed by atoms with Crippen molar-refractivity contribution in [1.29, 1.82) is 0 Å². The van der Waals surface area contributed by atoms with E-state index in [-0.39, 0.29) is 6.03 Å². The summed E-state index contributed by atoms with van der Waals surface area (Å²) in [5.41, 5.74) is 3.88. The standard InChI is InChI=1S/C16H17ClN2OS/c1-10-12(17)6-4-7-13(10)18-16(20)19-14-9-21-15-8-3-2-5-11(14)15/h4,6-7,9H,2-3,5,8H2,1H3,(H2,18,19,20). The second kappa shape index (κ2) is 6.08. The van der Waals surface area contributed by atoms with Gasteiger partial charge in [0.1, 0.15) is 0 Å². The van der Waals surface area contributed by atoms with E-state index in [2.05, 4.69) is 10.6 Å². The minimum atomic E-state index is -0.216. The second-order valence-electron chi connectivity index (χ2n) is 5.25. The number of anilines is 2. The Balaban J connectivity index is 1.72. The van der Waals surface area contributed by atoms with Crippen LogP contribution in [0.15, 0.2) is 23.6 Å². The molecule has 1 heterocycles. The number of benzene rings is 1. The Kier molecular flexibility index (Phi) is 4.17. The first-order chi connectivity index (χ1) is 10.1. The summed E-state index contributed by atoms with van der Waals surface area (Å²) in [5, 5.41) is 8.52. The van der Waals surface area contributed by atoms with E-state index in [0.29, 0.717) is 5.02 Å². The molecule has 0 aliphatic heterocycles. The first-order valence-corrected chi connectivity index (χ1v) is 8.33. The van der Waals surface area contributed by atoms with Crippen molar-refractivity contribution in [2.75, 3.05) is 10.6 Å². The molecule has 0 unspecified atom stereocenters.